The summed E-state index contributed by atoms with van der Waals surface area (Å²) in [5, 5.41) is 6.61. The first-order valence-corrected chi connectivity index (χ1v) is 5.17. The van der Waals surface area contributed by atoms with Crippen molar-refractivity contribution < 1.29 is 9.59 Å². The maximum absolute atomic E-state index is 11.7. The van der Waals surface area contributed by atoms with E-state index in [-0.39, 0.29) is 18.4 Å². The third kappa shape index (κ3) is 2.39. The summed E-state index contributed by atoms with van der Waals surface area (Å²) < 4.78 is 1.70. The predicted molar refractivity (Wildman–Crippen MR) is 56.3 cm³/mol. The Kier molecular flexibility index (Phi) is 2.89. The normalized spacial score (nSPS) is 17.2. The molecule has 0 radical (unpaired) electrons. The van der Waals surface area contributed by atoms with Crippen molar-refractivity contribution in [1.29, 1.82) is 0 Å². The van der Waals surface area contributed by atoms with Gasteiger partial charge in [0, 0.05) is 38.3 Å². The van der Waals surface area contributed by atoms with E-state index in [1.54, 1.807) is 15.8 Å². The van der Waals surface area contributed by atoms with Gasteiger partial charge in [0.2, 0.25) is 11.8 Å². The van der Waals surface area contributed by atoms with E-state index in [9.17, 15) is 9.59 Å². The molecule has 0 saturated carbocycles. The van der Waals surface area contributed by atoms with Crippen LogP contribution in [0, 0.1) is 0 Å². The highest BCUT2D eigenvalue weighted by Gasteiger charge is 2.20. The molecule has 0 bridgehead atoms. The number of hydrogen-bond acceptors (Lipinski definition) is 3. The van der Waals surface area contributed by atoms with Crippen LogP contribution in [0.5, 0.6) is 0 Å². The number of amides is 2. The van der Waals surface area contributed by atoms with E-state index in [0.717, 1.165) is 5.56 Å². The van der Waals surface area contributed by atoms with Crippen LogP contribution in [0.25, 0.3) is 0 Å². The Hall–Kier alpha value is -1.85. The minimum absolute atomic E-state index is 0.0466. The zero-order valence-electron chi connectivity index (χ0n) is 9.14. The van der Waals surface area contributed by atoms with Crippen LogP contribution in [-0.4, -0.2) is 39.6 Å². The third-order valence-corrected chi connectivity index (χ3v) is 2.53. The van der Waals surface area contributed by atoms with Crippen LogP contribution in [0.4, 0.5) is 0 Å². The largest absolute Gasteiger partial charge is 0.347 e. The highest BCUT2D eigenvalue weighted by molar-refractivity contribution is 5.87. The van der Waals surface area contributed by atoms with Gasteiger partial charge in [-0.1, -0.05) is 0 Å². The summed E-state index contributed by atoms with van der Waals surface area (Å²) in [6, 6.07) is 0. The lowest BCUT2D eigenvalue weighted by atomic mass is 10.3. The first-order chi connectivity index (χ1) is 7.65. The molecule has 2 rings (SSSR count). The monoisotopic (exact) mass is 222 g/mol. The molecule has 16 heavy (non-hydrogen) atoms. The fraction of sp³-hybridized carbons (Fsp3) is 0.500. The summed E-state index contributed by atoms with van der Waals surface area (Å²) in [6.45, 7) is 1.08. The van der Waals surface area contributed by atoms with Gasteiger partial charge in [-0.3, -0.25) is 14.3 Å². The predicted octanol–water partition coefficient (Wildman–Crippen LogP) is -0.731. The van der Waals surface area contributed by atoms with E-state index in [1.165, 1.54) is 0 Å². The molecular formula is C10H14N4O2. The molecule has 1 saturated heterocycles. The van der Waals surface area contributed by atoms with Crippen LogP contribution in [-0.2, 0) is 23.2 Å². The first-order valence-electron chi connectivity index (χ1n) is 5.17. The second-order valence-electron chi connectivity index (χ2n) is 3.86. The zero-order chi connectivity index (χ0) is 11.5. The molecule has 1 fully saturated rings. The summed E-state index contributed by atoms with van der Waals surface area (Å²) in [5.41, 5.74) is 0.977. The van der Waals surface area contributed by atoms with Gasteiger partial charge >= 0.3 is 0 Å². The Morgan fingerprint density at radius 2 is 2.31 bits per heavy atom. The number of carbonyl (C=O) groups excluding carboxylic acids is 2. The molecule has 1 aromatic heterocycles. The molecule has 0 spiro atoms. The van der Waals surface area contributed by atoms with Crippen LogP contribution in [0.2, 0.25) is 0 Å². The molecule has 0 aliphatic carbocycles. The summed E-state index contributed by atoms with van der Waals surface area (Å²) in [5.74, 6) is -0.114. The third-order valence-electron chi connectivity index (χ3n) is 2.53. The van der Waals surface area contributed by atoms with Crippen molar-refractivity contribution in [3.05, 3.63) is 18.0 Å². The smallest absolute Gasteiger partial charge is 0.242 e. The fourth-order valence-corrected chi connectivity index (χ4v) is 1.68. The Balaban J connectivity index is 2.02. The lowest BCUT2D eigenvalue weighted by Gasteiger charge is -2.18. The van der Waals surface area contributed by atoms with Crippen molar-refractivity contribution in [2.24, 2.45) is 7.05 Å². The molecule has 6 heteroatoms. The summed E-state index contributed by atoms with van der Waals surface area (Å²) in [6.07, 6.45) is 3.97. The fourth-order valence-electron chi connectivity index (χ4n) is 1.68. The molecule has 1 aromatic rings. The minimum atomic E-state index is -0.0676. The molecule has 0 aromatic carbocycles. The molecule has 86 valence electrons. The van der Waals surface area contributed by atoms with Crippen molar-refractivity contribution in [3.8, 4) is 0 Å². The standard InChI is InChI=1S/C10H14N4O2/c1-13-6-8(4-12-13)7-14-3-2-9(15)11-5-10(14)16/h4,6H,2-3,5,7H2,1H3,(H,11,15). The van der Waals surface area contributed by atoms with E-state index in [4.69, 9.17) is 0 Å². The summed E-state index contributed by atoms with van der Waals surface area (Å²) in [7, 11) is 1.83. The number of aryl methyl sites for hydroxylation is 1. The second kappa shape index (κ2) is 4.34. The molecule has 6 nitrogen and oxygen atoms in total. The minimum Gasteiger partial charge on any atom is -0.347 e. The maximum atomic E-state index is 11.7. The first kappa shape index (κ1) is 10.7. The molecule has 0 unspecified atom stereocenters. The van der Waals surface area contributed by atoms with Crippen LogP contribution in [0.1, 0.15) is 12.0 Å². The van der Waals surface area contributed by atoms with Crippen molar-refractivity contribution >= 4 is 11.8 Å². The Bertz CT molecular complexity index is 413. The molecule has 1 N–H and O–H groups in total. The number of nitrogens with one attached hydrogen (secondary N) is 1. The van der Waals surface area contributed by atoms with E-state index in [2.05, 4.69) is 10.4 Å². The van der Waals surface area contributed by atoms with Crippen LogP contribution in [0.3, 0.4) is 0 Å². The van der Waals surface area contributed by atoms with Gasteiger partial charge < -0.3 is 10.2 Å². The van der Waals surface area contributed by atoms with Crippen molar-refractivity contribution in [3.63, 3.8) is 0 Å². The molecular weight excluding hydrogens is 208 g/mol. The molecule has 2 heterocycles. The van der Waals surface area contributed by atoms with Gasteiger partial charge in [0.1, 0.15) is 0 Å². The maximum Gasteiger partial charge on any atom is 0.242 e. The average molecular weight is 222 g/mol. The van der Waals surface area contributed by atoms with Gasteiger partial charge in [-0.15, -0.1) is 0 Å². The van der Waals surface area contributed by atoms with E-state index >= 15 is 0 Å². The number of aromatic nitrogens is 2. The Morgan fingerprint density at radius 3 is 3.00 bits per heavy atom. The second-order valence-corrected chi connectivity index (χ2v) is 3.86. The van der Waals surface area contributed by atoms with E-state index in [0.29, 0.717) is 19.5 Å². The number of rotatable bonds is 2. The van der Waals surface area contributed by atoms with Crippen molar-refractivity contribution in [1.82, 2.24) is 20.0 Å². The van der Waals surface area contributed by atoms with Gasteiger partial charge in [-0.05, 0) is 0 Å². The van der Waals surface area contributed by atoms with E-state index < -0.39 is 0 Å². The highest BCUT2D eigenvalue weighted by atomic mass is 16.2. The van der Waals surface area contributed by atoms with Crippen molar-refractivity contribution in [2.45, 2.75) is 13.0 Å². The lowest BCUT2D eigenvalue weighted by molar-refractivity contribution is -0.130. The molecule has 1 aliphatic rings. The van der Waals surface area contributed by atoms with E-state index in [1.807, 2.05) is 13.2 Å². The van der Waals surface area contributed by atoms with Crippen molar-refractivity contribution in [2.75, 3.05) is 13.1 Å². The van der Waals surface area contributed by atoms with Crippen LogP contribution >= 0.6 is 0 Å². The van der Waals surface area contributed by atoms with Gasteiger partial charge in [-0.2, -0.15) is 5.10 Å². The summed E-state index contributed by atoms with van der Waals surface area (Å²) in [4.78, 5) is 24.5. The number of hydrogen-bond donors (Lipinski definition) is 1. The summed E-state index contributed by atoms with van der Waals surface area (Å²) >= 11 is 0. The van der Waals surface area contributed by atoms with Crippen LogP contribution < -0.4 is 5.32 Å². The average Bonchev–Trinajstić information content (AvgIpc) is 2.59. The highest BCUT2D eigenvalue weighted by Crippen LogP contribution is 2.06. The quantitative estimate of drug-likeness (QED) is 0.717. The van der Waals surface area contributed by atoms with Gasteiger partial charge in [0.15, 0.2) is 0 Å². The van der Waals surface area contributed by atoms with Gasteiger partial charge in [-0.25, -0.2) is 0 Å². The zero-order valence-corrected chi connectivity index (χ0v) is 9.14. The number of nitrogens with zero attached hydrogens (tertiary/aromatic N) is 3. The Labute approximate surface area is 93.2 Å². The topological polar surface area (TPSA) is 67.2 Å². The molecule has 1 aliphatic heterocycles. The molecule has 0 atom stereocenters. The van der Waals surface area contributed by atoms with Gasteiger partial charge in [0.25, 0.3) is 0 Å². The SMILES string of the molecule is Cn1cc(CN2CCC(=O)NCC2=O)cn1. The van der Waals surface area contributed by atoms with Crippen LogP contribution in [0.15, 0.2) is 12.4 Å². The lowest BCUT2D eigenvalue weighted by Crippen LogP contribution is -2.34. The number of carbonyl (C=O) groups is 2. The molecule has 2 amide bonds. The van der Waals surface area contributed by atoms with Gasteiger partial charge in [0.05, 0.1) is 12.7 Å². The Morgan fingerprint density at radius 1 is 1.50 bits per heavy atom.